The largest absolute Gasteiger partial charge is 0.478 e. The molecule has 0 aliphatic heterocycles. The molecule has 4 nitrogen and oxygen atoms in total. The Hall–Kier alpha value is -2.51. The molecular formula is C14H8ClNO3. The number of aromatic carboxylic acids is 1. The van der Waals surface area contributed by atoms with Gasteiger partial charge in [-0.1, -0.05) is 29.8 Å². The zero-order valence-electron chi connectivity index (χ0n) is 9.63. The van der Waals surface area contributed by atoms with Crippen LogP contribution in [-0.4, -0.2) is 11.1 Å². The van der Waals surface area contributed by atoms with E-state index in [0.717, 1.165) is 0 Å². The van der Waals surface area contributed by atoms with E-state index in [0.29, 0.717) is 5.56 Å². The van der Waals surface area contributed by atoms with Crippen molar-refractivity contribution < 1.29 is 14.6 Å². The fourth-order valence-electron chi connectivity index (χ4n) is 1.54. The lowest BCUT2D eigenvalue weighted by Crippen LogP contribution is -2.01. The first-order chi connectivity index (χ1) is 9.13. The van der Waals surface area contributed by atoms with Gasteiger partial charge in [-0.2, -0.15) is 5.26 Å². The molecule has 2 rings (SSSR count). The predicted octanol–water partition coefficient (Wildman–Crippen LogP) is 3.70. The average Bonchev–Trinajstić information content (AvgIpc) is 2.41. The lowest BCUT2D eigenvalue weighted by atomic mass is 10.2. The number of ether oxygens (including phenoxy) is 1. The van der Waals surface area contributed by atoms with Crippen LogP contribution in [0.25, 0.3) is 0 Å². The summed E-state index contributed by atoms with van der Waals surface area (Å²) >= 11 is 5.95. The highest BCUT2D eigenvalue weighted by molar-refractivity contribution is 6.32. The zero-order chi connectivity index (χ0) is 13.8. The molecule has 94 valence electrons. The van der Waals surface area contributed by atoms with Crippen molar-refractivity contribution >= 4 is 17.6 Å². The van der Waals surface area contributed by atoms with Crippen LogP contribution in [0.3, 0.4) is 0 Å². The molecule has 2 aromatic carbocycles. The Bertz CT molecular complexity index is 677. The minimum atomic E-state index is -1.15. The molecule has 1 N–H and O–H groups in total. The Kier molecular flexibility index (Phi) is 3.69. The molecule has 0 aliphatic rings. The molecule has 5 heteroatoms. The molecule has 0 fully saturated rings. The van der Waals surface area contributed by atoms with Crippen molar-refractivity contribution in [2.24, 2.45) is 0 Å². The van der Waals surface area contributed by atoms with Crippen LogP contribution in [0.2, 0.25) is 5.02 Å². The number of carboxylic acid groups (broad SMARTS) is 1. The number of nitrogens with zero attached hydrogens (tertiary/aromatic N) is 1. The number of carboxylic acids is 1. The van der Waals surface area contributed by atoms with Crippen molar-refractivity contribution in [2.45, 2.75) is 0 Å². The first-order valence-electron chi connectivity index (χ1n) is 5.32. The monoisotopic (exact) mass is 273 g/mol. The van der Waals surface area contributed by atoms with Gasteiger partial charge in [0.2, 0.25) is 0 Å². The second-order valence-electron chi connectivity index (χ2n) is 3.63. The molecule has 0 unspecified atom stereocenters. The summed E-state index contributed by atoms with van der Waals surface area (Å²) in [5.74, 6) is -0.855. The van der Waals surface area contributed by atoms with E-state index in [1.165, 1.54) is 18.2 Å². The molecule has 0 amide bonds. The fourth-order valence-corrected chi connectivity index (χ4v) is 1.75. The van der Waals surface area contributed by atoms with Gasteiger partial charge in [0, 0.05) is 0 Å². The third kappa shape index (κ3) is 2.67. The first-order valence-corrected chi connectivity index (χ1v) is 5.70. The lowest BCUT2D eigenvalue weighted by molar-refractivity contribution is 0.0694. The summed E-state index contributed by atoms with van der Waals surface area (Å²) in [5.41, 5.74) is 0.249. The van der Waals surface area contributed by atoms with E-state index in [1.54, 1.807) is 24.3 Å². The van der Waals surface area contributed by atoms with Gasteiger partial charge in [-0.3, -0.25) is 0 Å². The van der Waals surface area contributed by atoms with Gasteiger partial charge in [-0.25, -0.2) is 4.79 Å². The van der Waals surface area contributed by atoms with Crippen LogP contribution in [0.1, 0.15) is 15.9 Å². The highest BCUT2D eigenvalue weighted by atomic mass is 35.5. The molecule has 0 saturated carbocycles. The lowest BCUT2D eigenvalue weighted by Gasteiger charge is -2.11. The highest BCUT2D eigenvalue weighted by Crippen LogP contribution is 2.34. The van der Waals surface area contributed by atoms with Crippen molar-refractivity contribution in [3.63, 3.8) is 0 Å². The maximum atomic E-state index is 11.1. The SMILES string of the molecule is N#Cc1ccccc1Oc1c(Cl)cccc1C(=O)O. The van der Waals surface area contributed by atoms with Gasteiger partial charge in [0.1, 0.15) is 17.4 Å². The number of halogens is 1. The van der Waals surface area contributed by atoms with E-state index in [9.17, 15) is 4.79 Å². The summed E-state index contributed by atoms with van der Waals surface area (Å²) in [5, 5.41) is 18.2. The Morgan fingerprint density at radius 2 is 1.95 bits per heavy atom. The highest BCUT2D eigenvalue weighted by Gasteiger charge is 2.16. The standard InChI is InChI=1S/C14H8ClNO3/c15-11-6-3-5-10(14(17)18)13(11)19-12-7-2-1-4-9(12)8-16/h1-7H,(H,17,18). The summed E-state index contributed by atoms with van der Waals surface area (Å²) in [4.78, 5) is 11.1. The van der Waals surface area contributed by atoms with Crippen LogP contribution in [-0.2, 0) is 0 Å². The smallest absolute Gasteiger partial charge is 0.339 e. The van der Waals surface area contributed by atoms with Gasteiger partial charge in [-0.05, 0) is 24.3 Å². The van der Waals surface area contributed by atoms with Gasteiger partial charge in [0.15, 0.2) is 5.75 Å². The molecule has 0 spiro atoms. The normalized spacial score (nSPS) is 9.68. The Labute approximate surface area is 114 Å². The maximum absolute atomic E-state index is 11.1. The van der Waals surface area contributed by atoms with Crippen LogP contribution in [0.4, 0.5) is 0 Å². The number of benzene rings is 2. The summed E-state index contributed by atoms with van der Waals surface area (Å²) in [6.07, 6.45) is 0. The number of hydrogen-bond donors (Lipinski definition) is 1. The molecule has 0 atom stereocenters. The van der Waals surface area contributed by atoms with E-state index in [2.05, 4.69) is 0 Å². The molecule has 19 heavy (non-hydrogen) atoms. The van der Waals surface area contributed by atoms with Gasteiger partial charge < -0.3 is 9.84 Å². The topological polar surface area (TPSA) is 70.3 Å². The van der Waals surface area contributed by atoms with Gasteiger partial charge in [0.25, 0.3) is 0 Å². The van der Waals surface area contributed by atoms with Crippen molar-refractivity contribution in [1.29, 1.82) is 5.26 Å². The third-order valence-electron chi connectivity index (χ3n) is 2.42. The number of hydrogen-bond acceptors (Lipinski definition) is 3. The average molecular weight is 274 g/mol. The van der Waals surface area contributed by atoms with Crippen molar-refractivity contribution in [3.8, 4) is 17.6 Å². The van der Waals surface area contributed by atoms with Crippen molar-refractivity contribution in [3.05, 3.63) is 58.6 Å². The number of nitriles is 1. The first kappa shape index (κ1) is 12.9. The second-order valence-corrected chi connectivity index (χ2v) is 4.04. The van der Waals surface area contributed by atoms with Crippen LogP contribution >= 0.6 is 11.6 Å². The number of rotatable bonds is 3. The van der Waals surface area contributed by atoms with Crippen LogP contribution < -0.4 is 4.74 Å². The van der Waals surface area contributed by atoms with E-state index >= 15 is 0 Å². The summed E-state index contributed by atoms with van der Waals surface area (Å²) in [7, 11) is 0. The van der Waals surface area contributed by atoms with Gasteiger partial charge in [0.05, 0.1) is 10.6 Å². The van der Waals surface area contributed by atoms with E-state index in [1.807, 2.05) is 6.07 Å². The molecule has 0 radical (unpaired) electrons. The molecule has 0 aromatic heterocycles. The molecule has 0 saturated heterocycles. The molecule has 2 aromatic rings. The summed E-state index contributed by atoms with van der Waals surface area (Å²) in [6.45, 7) is 0. The van der Waals surface area contributed by atoms with E-state index in [4.69, 9.17) is 26.7 Å². The van der Waals surface area contributed by atoms with Crippen LogP contribution in [0, 0.1) is 11.3 Å². The van der Waals surface area contributed by atoms with Crippen LogP contribution in [0.5, 0.6) is 11.5 Å². The Morgan fingerprint density at radius 3 is 2.63 bits per heavy atom. The summed E-state index contributed by atoms with van der Waals surface area (Å²) < 4.78 is 5.49. The Balaban J connectivity index is 2.50. The molecule has 0 aliphatic carbocycles. The fraction of sp³-hybridized carbons (Fsp3) is 0. The molecular weight excluding hydrogens is 266 g/mol. The molecule has 0 bridgehead atoms. The minimum Gasteiger partial charge on any atom is -0.478 e. The number of carbonyl (C=O) groups is 1. The van der Waals surface area contributed by atoms with E-state index < -0.39 is 5.97 Å². The van der Waals surface area contributed by atoms with Gasteiger partial charge in [-0.15, -0.1) is 0 Å². The quantitative estimate of drug-likeness (QED) is 0.925. The Morgan fingerprint density at radius 1 is 1.21 bits per heavy atom. The third-order valence-corrected chi connectivity index (χ3v) is 2.71. The number of para-hydroxylation sites is 2. The van der Waals surface area contributed by atoms with E-state index in [-0.39, 0.29) is 22.1 Å². The second kappa shape index (κ2) is 5.42. The van der Waals surface area contributed by atoms with Gasteiger partial charge >= 0.3 is 5.97 Å². The zero-order valence-corrected chi connectivity index (χ0v) is 10.4. The van der Waals surface area contributed by atoms with Crippen molar-refractivity contribution in [1.82, 2.24) is 0 Å². The van der Waals surface area contributed by atoms with Crippen LogP contribution in [0.15, 0.2) is 42.5 Å². The minimum absolute atomic E-state index is 0.0272. The summed E-state index contributed by atoms with van der Waals surface area (Å²) in [6, 6.07) is 12.9. The molecule has 0 heterocycles. The van der Waals surface area contributed by atoms with Crippen molar-refractivity contribution in [2.75, 3.05) is 0 Å². The predicted molar refractivity (Wildman–Crippen MR) is 69.6 cm³/mol. The maximum Gasteiger partial charge on any atom is 0.339 e.